The summed E-state index contributed by atoms with van der Waals surface area (Å²) in [6, 6.07) is 17.2. The molecule has 188 valence electrons. The Kier molecular flexibility index (Phi) is 8.84. The number of halogens is 1. The zero-order chi connectivity index (χ0) is 25.7. The second-order valence-electron chi connectivity index (χ2n) is 9.75. The summed E-state index contributed by atoms with van der Waals surface area (Å²) in [6.45, 7) is 8.63. The maximum atomic E-state index is 14.1. The number of allylic oxidation sites excluding steroid dienone is 5. The van der Waals surface area contributed by atoms with Crippen LogP contribution in [-0.4, -0.2) is 29.9 Å². The molecular weight excluding hydrogens is 484 g/mol. The van der Waals surface area contributed by atoms with Gasteiger partial charge in [0.15, 0.2) is 0 Å². The van der Waals surface area contributed by atoms with Gasteiger partial charge in [-0.2, -0.15) is 0 Å². The molecule has 0 atom stereocenters. The SMILES string of the molecule is C=C/C=C(\C=C(C)C)c1cccc(CN(C(=O)c2sc3ccccc3c2Cl)[C@H]2CC[C@H](NC)CC2)c1. The summed E-state index contributed by atoms with van der Waals surface area (Å²) in [5, 5.41) is 4.93. The normalized spacial score (nSPS) is 18.2. The van der Waals surface area contributed by atoms with Gasteiger partial charge in [0.05, 0.1) is 5.02 Å². The summed E-state index contributed by atoms with van der Waals surface area (Å²) in [5.74, 6) is 0.0330. The molecule has 0 aliphatic heterocycles. The van der Waals surface area contributed by atoms with E-state index >= 15 is 0 Å². The quantitative estimate of drug-likeness (QED) is 0.304. The molecule has 0 bridgehead atoms. The van der Waals surface area contributed by atoms with Crippen molar-refractivity contribution in [3.05, 3.63) is 99.9 Å². The van der Waals surface area contributed by atoms with E-state index in [2.05, 4.69) is 61.0 Å². The maximum absolute atomic E-state index is 14.1. The fourth-order valence-electron chi connectivity index (χ4n) is 5.04. The summed E-state index contributed by atoms with van der Waals surface area (Å²) in [6.07, 6.45) is 10.1. The molecule has 0 saturated heterocycles. The Bertz CT molecular complexity index is 1290. The summed E-state index contributed by atoms with van der Waals surface area (Å²) in [4.78, 5) is 16.8. The van der Waals surface area contributed by atoms with Crippen LogP contribution in [0, 0.1) is 0 Å². The van der Waals surface area contributed by atoms with E-state index < -0.39 is 0 Å². The molecule has 36 heavy (non-hydrogen) atoms. The van der Waals surface area contributed by atoms with Crippen LogP contribution in [-0.2, 0) is 6.54 Å². The molecule has 4 rings (SSSR count). The van der Waals surface area contributed by atoms with Crippen molar-refractivity contribution in [3.8, 4) is 0 Å². The number of thiophene rings is 1. The van der Waals surface area contributed by atoms with Crippen molar-refractivity contribution in [2.45, 2.75) is 58.2 Å². The van der Waals surface area contributed by atoms with Crippen LogP contribution in [0.25, 0.3) is 15.7 Å². The van der Waals surface area contributed by atoms with Crippen molar-refractivity contribution in [2.24, 2.45) is 0 Å². The van der Waals surface area contributed by atoms with Gasteiger partial charge in [0.25, 0.3) is 5.91 Å². The van der Waals surface area contributed by atoms with Crippen LogP contribution in [0.2, 0.25) is 5.02 Å². The summed E-state index contributed by atoms with van der Waals surface area (Å²) in [7, 11) is 2.03. The largest absolute Gasteiger partial charge is 0.331 e. The van der Waals surface area contributed by atoms with E-state index in [1.165, 1.54) is 16.9 Å². The molecule has 3 nitrogen and oxygen atoms in total. The first-order valence-corrected chi connectivity index (χ1v) is 13.8. The topological polar surface area (TPSA) is 32.3 Å². The van der Waals surface area contributed by atoms with E-state index in [1.807, 2.05) is 43.5 Å². The number of nitrogens with one attached hydrogen (secondary N) is 1. The van der Waals surface area contributed by atoms with Crippen LogP contribution in [0.4, 0.5) is 0 Å². The number of carbonyl (C=O) groups excluding carboxylic acids is 1. The number of benzene rings is 2. The van der Waals surface area contributed by atoms with Gasteiger partial charge in [-0.15, -0.1) is 11.3 Å². The van der Waals surface area contributed by atoms with Crippen molar-refractivity contribution in [1.29, 1.82) is 0 Å². The molecule has 1 aliphatic carbocycles. The summed E-state index contributed by atoms with van der Waals surface area (Å²) < 4.78 is 1.05. The number of hydrogen-bond donors (Lipinski definition) is 1. The van der Waals surface area contributed by atoms with E-state index in [-0.39, 0.29) is 11.9 Å². The Morgan fingerprint density at radius 1 is 1.14 bits per heavy atom. The molecule has 0 unspecified atom stereocenters. The van der Waals surface area contributed by atoms with Gasteiger partial charge in [-0.05, 0) is 75.4 Å². The molecule has 1 aromatic heterocycles. The highest BCUT2D eigenvalue weighted by Crippen LogP contribution is 2.37. The average Bonchev–Trinajstić information content (AvgIpc) is 3.23. The number of amides is 1. The van der Waals surface area contributed by atoms with Gasteiger partial charge in [-0.3, -0.25) is 4.79 Å². The molecule has 1 saturated carbocycles. The second-order valence-corrected chi connectivity index (χ2v) is 11.2. The molecule has 0 spiro atoms. The van der Waals surface area contributed by atoms with E-state index in [9.17, 15) is 4.79 Å². The first-order valence-electron chi connectivity index (χ1n) is 12.6. The number of hydrogen-bond acceptors (Lipinski definition) is 3. The Morgan fingerprint density at radius 3 is 2.56 bits per heavy atom. The van der Waals surface area contributed by atoms with Crippen LogP contribution in [0.15, 0.2) is 78.9 Å². The van der Waals surface area contributed by atoms with Gasteiger partial charge < -0.3 is 10.2 Å². The lowest BCUT2D eigenvalue weighted by Gasteiger charge is -2.37. The summed E-state index contributed by atoms with van der Waals surface area (Å²) in [5.41, 5.74) is 4.59. The lowest BCUT2D eigenvalue weighted by atomic mass is 9.89. The first kappa shape index (κ1) is 26.4. The fourth-order valence-corrected chi connectivity index (χ4v) is 6.50. The van der Waals surface area contributed by atoms with E-state index in [0.29, 0.717) is 22.5 Å². The zero-order valence-corrected chi connectivity index (χ0v) is 23.0. The number of fused-ring (bicyclic) bond motifs is 1. The third kappa shape index (κ3) is 6.00. The number of carbonyl (C=O) groups is 1. The minimum atomic E-state index is 0.0330. The minimum Gasteiger partial charge on any atom is -0.331 e. The van der Waals surface area contributed by atoms with Gasteiger partial charge in [0.1, 0.15) is 4.88 Å². The van der Waals surface area contributed by atoms with Gasteiger partial charge >= 0.3 is 0 Å². The van der Waals surface area contributed by atoms with Crippen LogP contribution >= 0.6 is 22.9 Å². The monoisotopic (exact) mass is 518 g/mol. The van der Waals surface area contributed by atoms with Crippen LogP contribution < -0.4 is 5.32 Å². The Balaban J connectivity index is 1.69. The van der Waals surface area contributed by atoms with Crippen LogP contribution in [0.1, 0.15) is 60.3 Å². The molecule has 1 N–H and O–H groups in total. The van der Waals surface area contributed by atoms with Crippen molar-refractivity contribution >= 4 is 44.5 Å². The van der Waals surface area contributed by atoms with E-state index in [0.717, 1.165) is 52.5 Å². The van der Waals surface area contributed by atoms with Gasteiger partial charge in [0.2, 0.25) is 0 Å². The number of rotatable bonds is 8. The zero-order valence-electron chi connectivity index (χ0n) is 21.4. The van der Waals surface area contributed by atoms with E-state index in [1.54, 1.807) is 0 Å². The predicted molar refractivity (Wildman–Crippen MR) is 156 cm³/mol. The Hall–Kier alpha value is -2.66. The molecule has 3 aromatic rings. The minimum absolute atomic E-state index is 0.0330. The van der Waals surface area contributed by atoms with Crippen LogP contribution in [0.5, 0.6) is 0 Å². The average molecular weight is 519 g/mol. The molecular formula is C31H35ClN2OS. The van der Waals surface area contributed by atoms with Gasteiger partial charge in [-0.25, -0.2) is 0 Å². The summed E-state index contributed by atoms with van der Waals surface area (Å²) >= 11 is 8.26. The standard InChI is InChI=1S/C31H35ClN2OS/c1-5-9-23(18-21(2)3)24-11-8-10-22(19-24)20-34(26-16-14-25(33-4)15-17-26)31(35)30-29(32)27-12-6-7-13-28(27)36-30/h5-13,18-19,25-26,33H,1,14-17,20H2,2-4H3/b23-9+/t25-,26-. The molecule has 1 heterocycles. The van der Waals surface area contributed by atoms with Gasteiger partial charge in [-0.1, -0.05) is 78.4 Å². The first-order chi connectivity index (χ1) is 17.4. The van der Waals surface area contributed by atoms with Crippen molar-refractivity contribution in [3.63, 3.8) is 0 Å². The molecule has 1 fully saturated rings. The Morgan fingerprint density at radius 2 is 1.89 bits per heavy atom. The molecule has 2 aromatic carbocycles. The highest BCUT2D eigenvalue weighted by Gasteiger charge is 2.31. The second kappa shape index (κ2) is 12.1. The Labute approximate surface area is 224 Å². The van der Waals surface area contributed by atoms with Gasteiger partial charge in [0, 0.05) is 28.7 Å². The molecule has 0 radical (unpaired) electrons. The maximum Gasteiger partial charge on any atom is 0.266 e. The van der Waals surface area contributed by atoms with Crippen molar-refractivity contribution in [1.82, 2.24) is 10.2 Å². The lowest BCUT2D eigenvalue weighted by Crippen LogP contribution is -2.44. The van der Waals surface area contributed by atoms with Crippen LogP contribution in [0.3, 0.4) is 0 Å². The highest BCUT2D eigenvalue weighted by atomic mass is 35.5. The van der Waals surface area contributed by atoms with Crippen molar-refractivity contribution < 1.29 is 4.79 Å². The third-order valence-electron chi connectivity index (χ3n) is 6.89. The van der Waals surface area contributed by atoms with Crippen molar-refractivity contribution in [2.75, 3.05) is 7.05 Å². The lowest BCUT2D eigenvalue weighted by molar-refractivity contribution is 0.0606. The predicted octanol–water partition coefficient (Wildman–Crippen LogP) is 8.26. The smallest absolute Gasteiger partial charge is 0.266 e. The highest BCUT2D eigenvalue weighted by molar-refractivity contribution is 7.21. The number of nitrogens with zero attached hydrogens (tertiary/aromatic N) is 1. The fraction of sp³-hybridized carbons (Fsp3) is 0.323. The molecule has 5 heteroatoms. The third-order valence-corrected chi connectivity index (χ3v) is 8.55. The molecule has 1 aliphatic rings. The molecule has 1 amide bonds. The van der Waals surface area contributed by atoms with E-state index in [4.69, 9.17) is 11.6 Å².